The maximum atomic E-state index is 10.9. The highest BCUT2D eigenvalue weighted by molar-refractivity contribution is 5.81. The lowest BCUT2D eigenvalue weighted by Gasteiger charge is -2.24. The van der Waals surface area contributed by atoms with Crippen LogP contribution >= 0.6 is 0 Å². The molecule has 1 aliphatic carbocycles. The van der Waals surface area contributed by atoms with Gasteiger partial charge in [-0.05, 0) is 32.1 Å². The summed E-state index contributed by atoms with van der Waals surface area (Å²) >= 11 is 0. The molecule has 1 saturated carbocycles. The van der Waals surface area contributed by atoms with E-state index in [1.165, 1.54) is 25.3 Å². The molecule has 150 valence electrons. The lowest BCUT2D eigenvalue weighted by Crippen LogP contribution is -2.32. The van der Waals surface area contributed by atoms with Crippen molar-refractivity contribution >= 4 is 17.9 Å². The summed E-state index contributed by atoms with van der Waals surface area (Å²) in [7, 11) is 0. The molecule has 0 aromatic heterocycles. The molecule has 6 nitrogen and oxygen atoms in total. The lowest BCUT2D eigenvalue weighted by atomic mass is 9.79. The minimum Gasteiger partial charge on any atom is -0.481 e. The van der Waals surface area contributed by atoms with Gasteiger partial charge in [-0.3, -0.25) is 9.59 Å². The second-order valence-corrected chi connectivity index (χ2v) is 6.69. The van der Waals surface area contributed by atoms with Gasteiger partial charge in [-0.2, -0.15) is 0 Å². The van der Waals surface area contributed by atoms with Crippen LogP contribution in [-0.2, 0) is 19.1 Å². The molecule has 0 amide bonds. The molecule has 0 saturated heterocycles. The van der Waals surface area contributed by atoms with E-state index in [1.807, 2.05) is 6.92 Å². The molecule has 1 rings (SSSR count). The average Bonchev–Trinajstić information content (AvgIpc) is 2.64. The molecule has 0 heterocycles. The average molecular weight is 370 g/mol. The van der Waals surface area contributed by atoms with Crippen LogP contribution in [0.5, 0.6) is 0 Å². The number of hydrogen-bond acceptors (Lipinski definition) is 4. The molecule has 3 atom stereocenters. The largest absolute Gasteiger partial charge is 0.481 e. The SMILES string of the molecule is C=CC(=O)OC(CC)CCCCCC.O=C(O)C1CCCCC1C(=O)O. The summed E-state index contributed by atoms with van der Waals surface area (Å²) in [5.74, 6) is -3.58. The molecule has 0 aliphatic heterocycles. The molecule has 26 heavy (non-hydrogen) atoms. The van der Waals surface area contributed by atoms with E-state index in [1.54, 1.807) is 0 Å². The van der Waals surface area contributed by atoms with Gasteiger partial charge in [-0.1, -0.05) is 52.5 Å². The van der Waals surface area contributed by atoms with Gasteiger partial charge in [0.2, 0.25) is 0 Å². The lowest BCUT2D eigenvalue weighted by molar-refractivity contribution is -0.155. The Kier molecular flexibility index (Phi) is 13.3. The maximum Gasteiger partial charge on any atom is 0.330 e. The van der Waals surface area contributed by atoms with Gasteiger partial charge in [0.25, 0.3) is 0 Å². The monoisotopic (exact) mass is 370 g/mol. The van der Waals surface area contributed by atoms with Crippen LogP contribution in [-0.4, -0.2) is 34.2 Å². The molecule has 0 aromatic rings. The number of hydrogen-bond donors (Lipinski definition) is 2. The quantitative estimate of drug-likeness (QED) is 0.335. The second-order valence-electron chi connectivity index (χ2n) is 6.69. The van der Waals surface area contributed by atoms with Crippen molar-refractivity contribution in [1.82, 2.24) is 0 Å². The number of aliphatic carboxylic acids is 2. The van der Waals surface area contributed by atoms with Crippen LogP contribution in [0.15, 0.2) is 12.7 Å². The standard InChI is InChI=1S/C12H22O2.C8H12O4/c1-4-7-8-9-10-11(5-2)14-12(13)6-3;9-7(10)5-3-1-2-4-6(5)8(11)12/h6,11H,3-5,7-10H2,1-2H3;5-6H,1-4H2,(H,9,10)(H,11,12). The van der Waals surface area contributed by atoms with E-state index in [0.717, 1.165) is 32.1 Å². The molecule has 0 aromatic carbocycles. The van der Waals surface area contributed by atoms with Gasteiger partial charge in [0.1, 0.15) is 6.10 Å². The Morgan fingerprint density at radius 3 is 1.96 bits per heavy atom. The van der Waals surface area contributed by atoms with Crippen molar-refractivity contribution < 1.29 is 29.3 Å². The fraction of sp³-hybridized carbons (Fsp3) is 0.750. The number of esters is 1. The van der Waals surface area contributed by atoms with Crippen molar-refractivity contribution in [3.63, 3.8) is 0 Å². The van der Waals surface area contributed by atoms with Gasteiger partial charge in [-0.15, -0.1) is 0 Å². The van der Waals surface area contributed by atoms with Crippen molar-refractivity contribution in [2.24, 2.45) is 11.8 Å². The summed E-state index contributed by atoms with van der Waals surface area (Å²) in [5.41, 5.74) is 0. The van der Waals surface area contributed by atoms with E-state index in [2.05, 4.69) is 13.5 Å². The fourth-order valence-corrected chi connectivity index (χ4v) is 3.08. The zero-order valence-corrected chi connectivity index (χ0v) is 16.1. The van der Waals surface area contributed by atoms with Crippen LogP contribution in [0.2, 0.25) is 0 Å². The Labute approximate surface area is 156 Å². The van der Waals surface area contributed by atoms with Crippen molar-refractivity contribution in [2.45, 2.75) is 84.2 Å². The summed E-state index contributed by atoms with van der Waals surface area (Å²) in [6.45, 7) is 7.62. The highest BCUT2D eigenvalue weighted by Gasteiger charge is 2.35. The minimum absolute atomic E-state index is 0.0809. The smallest absolute Gasteiger partial charge is 0.330 e. The number of ether oxygens (including phenoxy) is 1. The maximum absolute atomic E-state index is 10.9. The Bertz CT molecular complexity index is 424. The minimum atomic E-state index is -0.970. The van der Waals surface area contributed by atoms with Crippen LogP contribution in [0.25, 0.3) is 0 Å². The van der Waals surface area contributed by atoms with E-state index in [0.29, 0.717) is 12.8 Å². The van der Waals surface area contributed by atoms with Crippen LogP contribution in [0.4, 0.5) is 0 Å². The Balaban J connectivity index is 0.000000485. The third kappa shape index (κ3) is 10.2. The summed E-state index contributed by atoms with van der Waals surface area (Å²) in [4.78, 5) is 32.1. The third-order valence-electron chi connectivity index (χ3n) is 4.68. The molecule has 1 fully saturated rings. The van der Waals surface area contributed by atoms with E-state index >= 15 is 0 Å². The third-order valence-corrected chi connectivity index (χ3v) is 4.68. The normalized spacial score (nSPS) is 20.2. The highest BCUT2D eigenvalue weighted by Crippen LogP contribution is 2.30. The van der Waals surface area contributed by atoms with Gasteiger partial charge in [0, 0.05) is 6.08 Å². The number of rotatable bonds is 10. The highest BCUT2D eigenvalue weighted by atomic mass is 16.5. The molecule has 6 heteroatoms. The predicted molar refractivity (Wildman–Crippen MR) is 99.8 cm³/mol. The van der Waals surface area contributed by atoms with Gasteiger partial charge in [0.05, 0.1) is 11.8 Å². The van der Waals surface area contributed by atoms with Crippen molar-refractivity contribution in [1.29, 1.82) is 0 Å². The van der Waals surface area contributed by atoms with Gasteiger partial charge >= 0.3 is 17.9 Å². The zero-order valence-electron chi connectivity index (χ0n) is 16.1. The van der Waals surface area contributed by atoms with E-state index in [-0.39, 0.29) is 12.1 Å². The molecule has 0 radical (unpaired) electrons. The first kappa shape index (κ1) is 24.1. The summed E-state index contributed by atoms with van der Waals surface area (Å²) in [5, 5.41) is 17.4. The topological polar surface area (TPSA) is 101 Å². The second kappa shape index (κ2) is 14.3. The van der Waals surface area contributed by atoms with Gasteiger partial charge < -0.3 is 14.9 Å². The molecule has 0 spiro atoms. The van der Waals surface area contributed by atoms with E-state index < -0.39 is 23.8 Å². The van der Waals surface area contributed by atoms with Gasteiger partial charge in [0.15, 0.2) is 0 Å². The van der Waals surface area contributed by atoms with Crippen LogP contribution in [0, 0.1) is 11.8 Å². The Morgan fingerprint density at radius 1 is 1.04 bits per heavy atom. The summed E-state index contributed by atoms with van der Waals surface area (Å²) in [6.07, 6.45) is 10.8. The molecule has 0 bridgehead atoms. The molecule has 3 unspecified atom stereocenters. The van der Waals surface area contributed by atoms with Crippen LogP contribution < -0.4 is 0 Å². The number of carboxylic acid groups (broad SMARTS) is 2. The fourth-order valence-electron chi connectivity index (χ4n) is 3.08. The first-order chi connectivity index (χ1) is 12.4. The molecule has 2 N–H and O–H groups in total. The van der Waals surface area contributed by atoms with Crippen molar-refractivity contribution in [3.05, 3.63) is 12.7 Å². The van der Waals surface area contributed by atoms with Crippen molar-refractivity contribution in [2.75, 3.05) is 0 Å². The zero-order chi connectivity index (χ0) is 19.9. The number of unbranched alkanes of at least 4 members (excludes halogenated alkanes) is 3. The molecule has 1 aliphatic rings. The number of carbonyl (C=O) groups excluding carboxylic acids is 1. The Hall–Kier alpha value is -1.85. The van der Waals surface area contributed by atoms with E-state index in [9.17, 15) is 14.4 Å². The predicted octanol–water partition coefficient (Wildman–Crippen LogP) is 4.43. The number of carbonyl (C=O) groups is 3. The summed E-state index contributed by atoms with van der Waals surface area (Å²) < 4.78 is 5.17. The molecular formula is C20H34O6. The first-order valence-corrected chi connectivity index (χ1v) is 9.65. The Morgan fingerprint density at radius 2 is 1.58 bits per heavy atom. The van der Waals surface area contributed by atoms with Crippen molar-refractivity contribution in [3.8, 4) is 0 Å². The number of carboxylic acids is 2. The summed E-state index contributed by atoms with van der Waals surface area (Å²) in [6, 6.07) is 0. The first-order valence-electron chi connectivity index (χ1n) is 9.65. The van der Waals surface area contributed by atoms with Gasteiger partial charge in [-0.25, -0.2) is 4.79 Å². The van der Waals surface area contributed by atoms with E-state index in [4.69, 9.17) is 14.9 Å². The van der Waals surface area contributed by atoms with Crippen LogP contribution in [0.1, 0.15) is 78.1 Å². The molecular weight excluding hydrogens is 336 g/mol. The van der Waals surface area contributed by atoms with Crippen LogP contribution in [0.3, 0.4) is 0 Å².